The molecule has 2 aromatic rings. The van der Waals surface area contributed by atoms with Gasteiger partial charge in [0.05, 0.1) is 24.4 Å². The van der Waals surface area contributed by atoms with Gasteiger partial charge in [0.25, 0.3) is 0 Å². The first-order chi connectivity index (χ1) is 23.2. The lowest BCUT2D eigenvalue weighted by Gasteiger charge is -2.59. The summed E-state index contributed by atoms with van der Waals surface area (Å²) in [5.74, 6) is -9.01. The zero-order valence-electron chi connectivity index (χ0n) is 28.8. The number of aromatic carboxylic acids is 1. The van der Waals surface area contributed by atoms with Crippen molar-refractivity contribution >= 4 is 5.97 Å². The molecule has 7 rings (SSSR count). The van der Waals surface area contributed by atoms with E-state index in [9.17, 15) is 33.3 Å². The zero-order valence-corrected chi connectivity index (χ0v) is 28.8. The fraction of sp³-hybridized carbons (Fsp3) is 0.615. The molecule has 1 aliphatic heterocycles. The first-order valence-electron chi connectivity index (χ1n) is 17.5. The summed E-state index contributed by atoms with van der Waals surface area (Å²) in [6, 6.07) is 12.2. The number of carboxylic acids is 1. The number of aliphatic hydroxyl groups is 2. The average molecular weight is 705 g/mol. The zero-order chi connectivity index (χ0) is 36.3. The van der Waals surface area contributed by atoms with Crippen LogP contribution in [0.15, 0.2) is 53.6 Å². The molecule has 1 spiro atoms. The third-order valence-electron chi connectivity index (χ3n) is 13.0. The van der Waals surface area contributed by atoms with Gasteiger partial charge in [-0.2, -0.15) is 22.0 Å². The molecule has 0 bridgehead atoms. The van der Waals surface area contributed by atoms with E-state index >= 15 is 8.78 Å². The summed E-state index contributed by atoms with van der Waals surface area (Å²) < 4.78 is 85.5. The third-order valence-corrected chi connectivity index (χ3v) is 13.0. The molecule has 5 aliphatic rings. The Kier molecular flexibility index (Phi) is 8.04. The molecule has 6 atom stereocenters. The number of carboxylic acid groups (broad SMARTS) is 1. The van der Waals surface area contributed by atoms with E-state index in [-0.39, 0.29) is 36.7 Å². The highest BCUT2D eigenvalue weighted by atomic mass is 19.4. The molecular weight excluding hydrogens is 659 g/mol. The van der Waals surface area contributed by atoms with Gasteiger partial charge in [-0.25, -0.2) is 4.79 Å². The number of alkyl halides is 5. The maximum atomic E-state index is 15.4. The van der Waals surface area contributed by atoms with Crippen LogP contribution in [0.1, 0.15) is 99.5 Å². The Hall–Kier alpha value is -2.86. The van der Waals surface area contributed by atoms with E-state index in [4.69, 9.17) is 9.47 Å². The molecular formula is C39H45F5O6. The number of benzene rings is 2. The van der Waals surface area contributed by atoms with Crippen molar-refractivity contribution < 1.29 is 51.5 Å². The van der Waals surface area contributed by atoms with Crippen molar-refractivity contribution in [2.24, 2.45) is 22.7 Å². The van der Waals surface area contributed by atoms with E-state index in [1.54, 1.807) is 19.1 Å². The number of carbonyl (C=O) groups is 1. The number of allylic oxidation sites excluding steroid dienone is 1. The summed E-state index contributed by atoms with van der Waals surface area (Å²) in [5, 5.41) is 33.4. The Morgan fingerprint density at radius 3 is 2.16 bits per heavy atom. The minimum atomic E-state index is -5.93. The van der Waals surface area contributed by atoms with Gasteiger partial charge < -0.3 is 24.8 Å². The van der Waals surface area contributed by atoms with Crippen molar-refractivity contribution in [2.75, 3.05) is 13.2 Å². The van der Waals surface area contributed by atoms with Gasteiger partial charge >= 0.3 is 18.1 Å². The molecule has 4 aliphatic carbocycles. The first kappa shape index (κ1) is 35.5. The van der Waals surface area contributed by atoms with Crippen molar-refractivity contribution in [1.82, 2.24) is 0 Å². The smallest absolute Gasteiger partial charge is 0.456 e. The second-order valence-corrected chi connectivity index (χ2v) is 16.6. The average Bonchev–Trinajstić information content (AvgIpc) is 3.32. The topological polar surface area (TPSA) is 96.2 Å². The summed E-state index contributed by atoms with van der Waals surface area (Å²) in [4.78, 5) is 11.5. The van der Waals surface area contributed by atoms with Gasteiger partial charge in [0, 0.05) is 29.6 Å². The largest absolute Gasteiger partial charge is 0.478 e. The summed E-state index contributed by atoms with van der Waals surface area (Å²) in [7, 11) is 0. The number of hydrogen-bond donors (Lipinski definition) is 3. The van der Waals surface area contributed by atoms with E-state index in [1.165, 1.54) is 13.0 Å². The molecule has 3 saturated carbocycles. The lowest BCUT2D eigenvalue weighted by atomic mass is 9.49. The molecule has 0 radical (unpaired) electrons. The number of hydrogen-bond acceptors (Lipinski definition) is 5. The molecule has 1 heterocycles. The van der Waals surface area contributed by atoms with Gasteiger partial charge in [0.15, 0.2) is 5.79 Å². The van der Waals surface area contributed by atoms with Crippen molar-refractivity contribution in [1.29, 1.82) is 0 Å². The van der Waals surface area contributed by atoms with Crippen LogP contribution in [-0.2, 0) is 9.47 Å². The molecule has 3 N–H and O–H groups in total. The molecule has 1 unspecified atom stereocenters. The van der Waals surface area contributed by atoms with E-state index < -0.39 is 64.6 Å². The monoisotopic (exact) mass is 704 g/mol. The van der Waals surface area contributed by atoms with Crippen molar-refractivity contribution in [3.63, 3.8) is 0 Å². The summed E-state index contributed by atoms with van der Waals surface area (Å²) >= 11 is 0. The van der Waals surface area contributed by atoms with E-state index in [2.05, 4.69) is 0 Å². The van der Waals surface area contributed by atoms with Crippen molar-refractivity contribution in [3.8, 4) is 11.1 Å². The molecule has 6 nitrogen and oxygen atoms in total. The van der Waals surface area contributed by atoms with E-state index in [1.807, 2.05) is 38.1 Å². The van der Waals surface area contributed by atoms with Gasteiger partial charge in [0.1, 0.15) is 5.60 Å². The highest BCUT2D eigenvalue weighted by Gasteiger charge is 2.79. The summed E-state index contributed by atoms with van der Waals surface area (Å²) in [6.45, 7) is 8.23. The summed E-state index contributed by atoms with van der Waals surface area (Å²) in [6.07, 6.45) is -4.97. The molecule has 0 aromatic heterocycles. The van der Waals surface area contributed by atoms with E-state index in [0.29, 0.717) is 38.0 Å². The second-order valence-electron chi connectivity index (χ2n) is 16.6. The molecule has 2 aromatic carbocycles. The Bertz CT molecular complexity index is 1720. The predicted molar refractivity (Wildman–Crippen MR) is 175 cm³/mol. The summed E-state index contributed by atoms with van der Waals surface area (Å²) in [5.41, 5.74) is -1.70. The first-order valence-corrected chi connectivity index (χ1v) is 17.5. The SMILES string of the molecule is Cc1cc(C(=O)O)ccc1-c1ccc(C2C[C@@]3(C)[C@@H](CC[C@@]3(O)C(F)(F)C(F)(F)F)[C@@H]3CC[C@@]4(O)CC5(CCC4=C23)OCC(C)(C)CO5)cc1. The van der Waals surface area contributed by atoms with Gasteiger partial charge in [-0.15, -0.1) is 0 Å². The van der Waals surface area contributed by atoms with Gasteiger partial charge in [0.2, 0.25) is 0 Å². The van der Waals surface area contributed by atoms with Crippen LogP contribution in [0.25, 0.3) is 11.1 Å². The quantitative estimate of drug-likeness (QED) is 0.218. The minimum absolute atomic E-state index is 0.0149. The van der Waals surface area contributed by atoms with Gasteiger partial charge in [-0.05, 0) is 97.2 Å². The molecule has 50 heavy (non-hydrogen) atoms. The molecule has 1 saturated heterocycles. The van der Waals surface area contributed by atoms with Crippen LogP contribution in [0.4, 0.5) is 22.0 Å². The van der Waals surface area contributed by atoms with Crippen LogP contribution in [0.5, 0.6) is 0 Å². The Morgan fingerprint density at radius 2 is 1.56 bits per heavy atom. The second kappa shape index (κ2) is 11.3. The molecule has 0 amide bonds. The lowest BCUT2D eigenvalue weighted by molar-refractivity contribution is -0.362. The van der Waals surface area contributed by atoms with Crippen LogP contribution < -0.4 is 0 Å². The van der Waals surface area contributed by atoms with Crippen LogP contribution in [0.3, 0.4) is 0 Å². The lowest BCUT2D eigenvalue weighted by Crippen LogP contribution is -2.65. The fourth-order valence-corrected chi connectivity index (χ4v) is 10.3. The van der Waals surface area contributed by atoms with Gasteiger partial charge in [-0.3, -0.25) is 0 Å². The maximum Gasteiger partial charge on any atom is 0.456 e. The van der Waals surface area contributed by atoms with Gasteiger partial charge in [-0.1, -0.05) is 56.7 Å². The third kappa shape index (κ3) is 5.19. The number of fused-ring (bicyclic) bond motifs is 4. The normalized spacial score (nSPS) is 35.0. The molecule has 272 valence electrons. The Balaban J connectivity index is 1.32. The van der Waals surface area contributed by atoms with E-state index in [0.717, 1.165) is 27.8 Å². The maximum absolute atomic E-state index is 15.4. The minimum Gasteiger partial charge on any atom is -0.478 e. The van der Waals surface area contributed by atoms with Crippen molar-refractivity contribution in [2.45, 2.75) is 114 Å². The Morgan fingerprint density at radius 1 is 0.900 bits per heavy atom. The highest BCUT2D eigenvalue weighted by Crippen LogP contribution is 2.71. The van der Waals surface area contributed by atoms with Crippen molar-refractivity contribution in [3.05, 3.63) is 70.3 Å². The highest BCUT2D eigenvalue weighted by molar-refractivity contribution is 5.89. The molecule has 4 fully saturated rings. The Labute approximate surface area is 288 Å². The van der Waals surface area contributed by atoms with Crippen LogP contribution >= 0.6 is 0 Å². The fourth-order valence-electron chi connectivity index (χ4n) is 10.3. The predicted octanol–water partition coefficient (Wildman–Crippen LogP) is 8.58. The number of ether oxygens (including phenoxy) is 2. The number of halogens is 5. The van der Waals surface area contributed by atoms with Crippen LogP contribution in [0.2, 0.25) is 0 Å². The number of aryl methyl sites for hydroxylation is 1. The standard InChI is InChI=1S/C39H45F5O6/c1-22-17-25(32(45)46)9-10-26(22)23-5-7-24(8-6-23)28-18-34(4)29(13-16-37(34,48)38(40,41)39(42,43)44)27-11-14-35(47)19-36(15-12-30(35)31(27)28)49-20-33(2,3)21-50-36/h5-10,17,27-29,47-48H,11-16,18-21H2,1-4H3,(H,45,46)/t27-,28?,29-,34-,35+,37-/m0/s1. The van der Waals surface area contributed by atoms with Crippen LogP contribution in [-0.4, -0.2) is 63.6 Å². The van der Waals surface area contributed by atoms with Crippen LogP contribution in [0, 0.1) is 29.6 Å². The number of rotatable bonds is 4. The molecule has 11 heteroatoms.